The molecule has 1 aliphatic carbocycles. The Balaban J connectivity index is 1.92. The summed E-state index contributed by atoms with van der Waals surface area (Å²) < 4.78 is 3.17. The van der Waals surface area contributed by atoms with Crippen LogP contribution in [0.3, 0.4) is 0 Å². The van der Waals surface area contributed by atoms with Gasteiger partial charge in [0.2, 0.25) is 0 Å². The Labute approximate surface area is 119 Å². The molecule has 1 fully saturated rings. The zero-order valence-corrected chi connectivity index (χ0v) is 12.6. The standard InChI is InChI=1S/C16H22N2S/c1-11-4-3-5-13(8-11)10-18-15-7-6-12(2)9-14(15)17-16(18)19/h6-7,9,11,13H,3-5,8,10H2,1-2H3,(H,17,19). The van der Waals surface area contributed by atoms with Crippen molar-refractivity contribution in [3.63, 3.8) is 0 Å². The number of nitrogens with one attached hydrogen (secondary N) is 1. The van der Waals surface area contributed by atoms with Gasteiger partial charge in [-0.05, 0) is 61.5 Å². The lowest BCUT2D eigenvalue weighted by molar-refractivity contribution is 0.258. The van der Waals surface area contributed by atoms with E-state index in [0.717, 1.165) is 23.2 Å². The van der Waals surface area contributed by atoms with Crippen molar-refractivity contribution in [3.8, 4) is 0 Å². The van der Waals surface area contributed by atoms with Crippen LogP contribution in [0.5, 0.6) is 0 Å². The summed E-state index contributed by atoms with van der Waals surface area (Å²) in [5.41, 5.74) is 3.71. The number of benzene rings is 1. The maximum absolute atomic E-state index is 5.50. The highest BCUT2D eigenvalue weighted by molar-refractivity contribution is 7.71. The molecule has 1 N–H and O–H groups in total. The average molecular weight is 274 g/mol. The van der Waals surface area contributed by atoms with E-state index in [1.807, 2.05) is 0 Å². The molecule has 2 atom stereocenters. The molecular formula is C16H22N2S. The van der Waals surface area contributed by atoms with Crippen molar-refractivity contribution in [2.75, 3.05) is 0 Å². The molecule has 0 saturated heterocycles. The van der Waals surface area contributed by atoms with Crippen LogP contribution in [0.15, 0.2) is 18.2 Å². The quantitative estimate of drug-likeness (QED) is 0.778. The molecule has 1 aromatic heterocycles. The second kappa shape index (κ2) is 5.12. The zero-order chi connectivity index (χ0) is 13.4. The van der Waals surface area contributed by atoms with Crippen molar-refractivity contribution in [1.82, 2.24) is 9.55 Å². The molecule has 0 aliphatic heterocycles. The van der Waals surface area contributed by atoms with Crippen LogP contribution >= 0.6 is 12.2 Å². The van der Waals surface area contributed by atoms with E-state index >= 15 is 0 Å². The van der Waals surface area contributed by atoms with E-state index in [1.165, 1.54) is 42.3 Å². The van der Waals surface area contributed by atoms with Gasteiger partial charge in [0.05, 0.1) is 11.0 Å². The fourth-order valence-corrected chi connectivity index (χ4v) is 3.73. The van der Waals surface area contributed by atoms with E-state index < -0.39 is 0 Å². The number of fused-ring (bicyclic) bond motifs is 1. The third-order valence-corrected chi connectivity index (χ3v) is 4.74. The second-order valence-electron chi connectivity index (χ2n) is 6.20. The fourth-order valence-electron chi connectivity index (χ4n) is 3.44. The molecule has 0 spiro atoms. The van der Waals surface area contributed by atoms with E-state index in [-0.39, 0.29) is 0 Å². The van der Waals surface area contributed by atoms with Crippen molar-refractivity contribution in [1.29, 1.82) is 0 Å². The molecule has 3 rings (SSSR count). The topological polar surface area (TPSA) is 20.7 Å². The van der Waals surface area contributed by atoms with Gasteiger partial charge in [-0.15, -0.1) is 0 Å². The van der Waals surface area contributed by atoms with Gasteiger partial charge in [-0.2, -0.15) is 0 Å². The first-order chi connectivity index (χ1) is 9.13. The summed E-state index contributed by atoms with van der Waals surface area (Å²) >= 11 is 5.50. The molecule has 2 nitrogen and oxygen atoms in total. The third kappa shape index (κ3) is 2.62. The van der Waals surface area contributed by atoms with E-state index in [9.17, 15) is 0 Å². The van der Waals surface area contributed by atoms with Crippen LogP contribution in [0.25, 0.3) is 11.0 Å². The Bertz CT molecular complexity index is 638. The minimum Gasteiger partial charge on any atom is -0.331 e. The molecule has 1 saturated carbocycles. The molecule has 1 heterocycles. The number of aromatic amines is 1. The molecular weight excluding hydrogens is 252 g/mol. The molecule has 0 radical (unpaired) electrons. The summed E-state index contributed by atoms with van der Waals surface area (Å²) in [5, 5.41) is 0. The minimum absolute atomic E-state index is 0.788. The molecule has 19 heavy (non-hydrogen) atoms. The largest absolute Gasteiger partial charge is 0.331 e. The molecule has 3 heteroatoms. The van der Waals surface area contributed by atoms with Gasteiger partial charge in [0.1, 0.15) is 0 Å². The predicted molar refractivity (Wildman–Crippen MR) is 83.0 cm³/mol. The highest BCUT2D eigenvalue weighted by atomic mass is 32.1. The lowest BCUT2D eigenvalue weighted by Crippen LogP contribution is -2.18. The number of rotatable bonds is 2. The maximum Gasteiger partial charge on any atom is 0.178 e. The van der Waals surface area contributed by atoms with Gasteiger partial charge in [-0.1, -0.05) is 25.8 Å². The van der Waals surface area contributed by atoms with Gasteiger partial charge >= 0.3 is 0 Å². The lowest BCUT2D eigenvalue weighted by atomic mass is 9.82. The molecule has 0 amide bonds. The van der Waals surface area contributed by atoms with Crippen LogP contribution in [0, 0.1) is 23.5 Å². The van der Waals surface area contributed by atoms with Crippen LogP contribution in [0.1, 0.15) is 38.2 Å². The van der Waals surface area contributed by atoms with Crippen LogP contribution in [0.2, 0.25) is 0 Å². The number of imidazole rings is 1. The summed E-state index contributed by atoms with van der Waals surface area (Å²) in [6.45, 7) is 5.58. The first kappa shape index (κ1) is 12.9. The van der Waals surface area contributed by atoms with Crippen molar-refractivity contribution in [3.05, 3.63) is 28.5 Å². The number of aromatic nitrogens is 2. The van der Waals surface area contributed by atoms with Gasteiger partial charge in [0, 0.05) is 6.54 Å². The first-order valence-electron chi connectivity index (χ1n) is 7.32. The van der Waals surface area contributed by atoms with Crippen molar-refractivity contribution in [2.24, 2.45) is 11.8 Å². The Morgan fingerprint density at radius 2 is 2.21 bits per heavy atom. The lowest BCUT2D eigenvalue weighted by Gasteiger charge is -2.27. The Morgan fingerprint density at radius 3 is 3.00 bits per heavy atom. The van der Waals surface area contributed by atoms with Crippen molar-refractivity contribution in [2.45, 2.75) is 46.1 Å². The van der Waals surface area contributed by atoms with E-state index in [2.05, 4.69) is 41.6 Å². The Hall–Kier alpha value is -1.09. The smallest absolute Gasteiger partial charge is 0.178 e. The zero-order valence-electron chi connectivity index (χ0n) is 11.8. The normalized spacial score (nSPS) is 23.9. The van der Waals surface area contributed by atoms with Crippen LogP contribution in [-0.4, -0.2) is 9.55 Å². The number of hydrogen-bond acceptors (Lipinski definition) is 1. The van der Waals surface area contributed by atoms with Gasteiger partial charge in [-0.25, -0.2) is 0 Å². The van der Waals surface area contributed by atoms with Crippen LogP contribution in [-0.2, 0) is 6.54 Å². The molecule has 1 aromatic carbocycles. The van der Waals surface area contributed by atoms with Crippen LogP contribution in [0.4, 0.5) is 0 Å². The van der Waals surface area contributed by atoms with Gasteiger partial charge < -0.3 is 9.55 Å². The summed E-state index contributed by atoms with van der Waals surface area (Å²) in [7, 11) is 0. The molecule has 102 valence electrons. The number of nitrogens with zero attached hydrogens (tertiary/aromatic N) is 1. The van der Waals surface area contributed by atoms with Crippen LogP contribution < -0.4 is 0 Å². The summed E-state index contributed by atoms with van der Waals surface area (Å²) in [6, 6.07) is 6.55. The monoisotopic (exact) mass is 274 g/mol. The maximum atomic E-state index is 5.50. The Morgan fingerprint density at radius 1 is 1.37 bits per heavy atom. The minimum atomic E-state index is 0.788. The summed E-state index contributed by atoms with van der Waals surface area (Å²) in [6.07, 6.45) is 5.47. The molecule has 2 aromatic rings. The molecule has 2 unspecified atom stereocenters. The highest BCUT2D eigenvalue weighted by Crippen LogP contribution is 2.30. The third-order valence-electron chi connectivity index (χ3n) is 4.42. The van der Waals surface area contributed by atoms with E-state index in [1.54, 1.807) is 0 Å². The fraction of sp³-hybridized carbons (Fsp3) is 0.562. The molecule has 0 bridgehead atoms. The number of H-pyrrole nitrogens is 1. The average Bonchev–Trinajstić information content (AvgIpc) is 2.65. The summed E-state index contributed by atoms with van der Waals surface area (Å²) in [5.74, 6) is 1.66. The van der Waals surface area contributed by atoms with Gasteiger partial charge in [0.15, 0.2) is 4.77 Å². The SMILES string of the molecule is Cc1ccc2c(c1)[nH]c(=S)n2CC1CCCC(C)C1. The van der Waals surface area contributed by atoms with E-state index in [4.69, 9.17) is 12.2 Å². The highest BCUT2D eigenvalue weighted by Gasteiger charge is 2.20. The van der Waals surface area contributed by atoms with Crippen molar-refractivity contribution >= 4 is 23.3 Å². The van der Waals surface area contributed by atoms with Crippen molar-refractivity contribution < 1.29 is 0 Å². The molecule has 1 aliphatic rings. The second-order valence-corrected chi connectivity index (χ2v) is 6.59. The Kier molecular flexibility index (Phi) is 3.48. The number of hydrogen-bond donors (Lipinski definition) is 1. The predicted octanol–water partition coefficient (Wildman–Crippen LogP) is 4.83. The number of aryl methyl sites for hydroxylation is 1. The van der Waals surface area contributed by atoms with Gasteiger partial charge in [-0.3, -0.25) is 0 Å². The first-order valence-corrected chi connectivity index (χ1v) is 7.73. The van der Waals surface area contributed by atoms with Gasteiger partial charge in [0.25, 0.3) is 0 Å². The summed E-state index contributed by atoms with van der Waals surface area (Å²) in [4.78, 5) is 3.35. The van der Waals surface area contributed by atoms with E-state index in [0.29, 0.717) is 0 Å².